The Morgan fingerprint density at radius 1 is 1.19 bits per heavy atom. The van der Waals surface area contributed by atoms with Crippen LogP contribution in [0, 0.1) is 5.82 Å². The van der Waals surface area contributed by atoms with Crippen molar-refractivity contribution in [2.45, 2.75) is 33.3 Å². The van der Waals surface area contributed by atoms with Crippen LogP contribution in [0.1, 0.15) is 27.2 Å². The van der Waals surface area contributed by atoms with Crippen LogP contribution >= 0.6 is 0 Å². The topological polar surface area (TPSA) is 91.8 Å². The summed E-state index contributed by atoms with van der Waals surface area (Å²) in [6, 6.07) is 5.86. The van der Waals surface area contributed by atoms with Crippen molar-refractivity contribution in [1.82, 2.24) is 15.4 Å². The zero-order valence-electron chi connectivity index (χ0n) is 15.6. The Balaban J connectivity index is 2.38. The molecule has 0 radical (unpaired) electrons. The molecule has 26 heavy (non-hydrogen) atoms. The van der Waals surface area contributed by atoms with Gasteiger partial charge in [0.1, 0.15) is 17.7 Å². The Labute approximate surface area is 155 Å². The summed E-state index contributed by atoms with van der Waals surface area (Å²) < 4.78 is 43.8. The van der Waals surface area contributed by atoms with Crippen LogP contribution in [0.2, 0.25) is 0 Å². The smallest absolute Gasteiger partial charge is 0.211 e. The lowest BCUT2D eigenvalue weighted by Gasteiger charge is -2.15. The van der Waals surface area contributed by atoms with Crippen LogP contribution in [0.4, 0.5) is 4.39 Å². The number of halogens is 1. The number of guanidine groups is 1. The van der Waals surface area contributed by atoms with Crippen LogP contribution in [0.3, 0.4) is 0 Å². The zero-order chi connectivity index (χ0) is 19.4. The van der Waals surface area contributed by atoms with Crippen molar-refractivity contribution < 1.29 is 17.5 Å². The third-order valence-electron chi connectivity index (χ3n) is 3.35. The van der Waals surface area contributed by atoms with E-state index in [0.717, 1.165) is 0 Å². The molecule has 9 heteroatoms. The lowest BCUT2D eigenvalue weighted by molar-refractivity contribution is 0.230. The molecule has 0 aliphatic carbocycles. The number of benzene rings is 1. The third-order valence-corrected chi connectivity index (χ3v) is 4.75. The van der Waals surface area contributed by atoms with Crippen molar-refractivity contribution in [1.29, 1.82) is 0 Å². The van der Waals surface area contributed by atoms with E-state index in [2.05, 4.69) is 20.3 Å². The Hall–Kier alpha value is -1.87. The molecule has 0 amide bonds. The fraction of sp³-hybridized carbons (Fsp3) is 0.588. The summed E-state index contributed by atoms with van der Waals surface area (Å²) >= 11 is 0. The van der Waals surface area contributed by atoms with Gasteiger partial charge >= 0.3 is 0 Å². The van der Waals surface area contributed by atoms with Gasteiger partial charge in [0.2, 0.25) is 10.0 Å². The van der Waals surface area contributed by atoms with E-state index in [0.29, 0.717) is 44.3 Å². The number of hydrogen-bond donors (Lipinski definition) is 3. The van der Waals surface area contributed by atoms with E-state index < -0.39 is 10.0 Å². The van der Waals surface area contributed by atoms with E-state index >= 15 is 0 Å². The molecule has 148 valence electrons. The SMILES string of the molecule is CCNC(=NCC(C)Oc1ccc(F)cc1)NCCCNS(=O)(=O)CC. The summed E-state index contributed by atoms with van der Waals surface area (Å²) in [5, 5.41) is 6.27. The quantitative estimate of drug-likeness (QED) is 0.303. The lowest BCUT2D eigenvalue weighted by Crippen LogP contribution is -2.39. The molecular formula is C17H29FN4O3S. The first kappa shape index (κ1) is 22.2. The number of nitrogens with one attached hydrogen (secondary N) is 3. The second-order valence-electron chi connectivity index (χ2n) is 5.68. The predicted octanol–water partition coefficient (Wildman–Crippen LogP) is 1.48. The zero-order valence-corrected chi connectivity index (χ0v) is 16.4. The van der Waals surface area contributed by atoms with Gasteiger partial charge in [-0.25, -0.2) is 22.5 Å². The van der Waals surface area contributed by atoms with Crippen molar-refractivity contribution in [3.63, 3.8) is 0 Å². The number of ether oxygens (including phenoxy) is 1. The summed E-state index contributed by atoms with van der Waals surface area (Å²) in [5.74, 6) is 1.01. The van der Waals surface area contributed by atoms with Crippen LogP contribution in [0.5, 0.6) is 5.75 Å². The second-order valence-corrected chi connectivity index (χ2v) is 7.78. The van der Waals surface area contributed by atoms with Crippen molar-refractivity contribution in [3.8, 4) is 5.75 Å². The maximum absolute atomic E-state index is 12.9. The minimum atomic E-state index is -3.15. The van der Waals surface area contributed by atoms with E-state index in [1.165, 1.54) is 12.1 Å². The van der Waals surface area contributed by atoms with Crippen molar-refractivity contribution in [3.05, 3.63) is 30.1 Å². The average Bonchev–Trinajstić information content (AvgIpc) is 2.61. The van der Waals surface area contributed by atoms with Crippen LogP contribution in [-0.2, 0) is 10.0 Å². The molecule has 0 saturated carbocycles. The Bertz CT molecular complexity index is 650. The summed E-state index contributed by atoms with van der Waals surface area (Å²) in [6.07, 6.45) is 0.470. The minimum absolute atomic E-state index is 0.0798. The van der Waals surface area contributed by atoms with Gasteiger partial charge in [-0.3, -0.25) is 0 Å². The number of nitrogens with zero attached hydrogens (tertiary/aromatic N) is 1. The standard InChI is InChI=1S/C17H29FN4O3S/c1-4-19-17(20-11-6-12-22-26(23,24)5-2)21-13-14(3)25-16-9-7-15(18)8-10-16/h7-10,14,22H,4-6,11-13H2,1-3H3,(H2,19,20,21). The molecule has 0 saturated heterocycles. The number of aliphatic imine (C=N–C) groups is 1. The molecule has 7 nitrogen and oxygen atoms in total. The molecule has 0 aliphatic rings. The molecule has 0 spiro atoms. The van der Waals surface area contributed by atoms with Gasteiger partial charge in [-0.1, -0.05) is 0 Å². The maximum atomic E-state index is 12.9. The Kier molecular flexibility index (Phi) is 9.97. The van der Waals surface area contributed by atoms with E-state index in [1.807, 2.05) is 13.8 Å². The van der Waals surface area contributed by atoms with Gasteiger partial charge in [-0.05, 0) is 51.5 Å². The minimum Gasteiger partial charge on any atom is -0.489 e. The largest absolute Gasteiger partial charge is 0.489 e. The lowest BCUT2D eigenvalue weighted by atomic mass is 10.3. The molecule has 1 aromatic carbocycles. The molecule has 0 fully saturated rings. The number of hydrogen-bond acceptors (Lipinski definition) is 4. The normalized spacial score (nSPS) is 13.3. The van der Waals surface area contributed by atoms with Crippen molar-refractivity contribution in [2.75, 3.05) is 31.9 Å². The fourth-order valence-electron chi connectivity index (χ4n) is 1.97. The number of rotatable bonds is 11. The molecule has 3 N–H and O–H groups in total. The first-order valence-corrected chi connectivity index (χ1v) is 10.4. The first-order valence-electron chi connectivity index (χ1n) is 8.78. The molecule has 1 unspecified atom stereocenters. The van der Waals surface area contributed by atoms with Crippen LogP contribution in [0.25, 0.3) is 0 Å². The van der Waals surface area contributed by atoms with Gasteiger partial charge in [0.05, 0.1) is 12.3 Å². The molecule has 0 aliphatic heterocycles. The molecular weight excluding hydrogens is 359 g/mol. The molecule has 0 bridgehead atoms. The molecule has 0 heterocycles. The van der Waals surface area contributed by atoms with Crippen LogP contribution < -0.4 is 20.1 Å². The van der Waals surface area contributed by atoms with E-state index in [9.17, 15) is 12.8 Å². The van der Waals surface area contributed by atoms with Gasteiger partial charge in [0.15, 0.2) is 5.96 Å². The summed E-state index contributed by atoms with van der Waals surface area (Å²) in [6.45, 7) is 7.56. The van der Waals surface area contributed by atoms with Gasteiger partial charge in [0.25, 0.3) is 0 Å². The van der Waals surface area contributed by atoms with Crippen LogP contribution in [0.15, 0.2) is 29.3 Å². The van der Waals surface area contributed by atoms with Gasteiger partial charge in [0, 0.05) is 19.6 Å². The van der Waals surface area contributed by atoms with Gasteiger partial charge in [-0.2, -0.15) is 0 Å². The highest BCUT2D eigenvalue weighted by molar-refractivity contribution is 7.89. The Morgan fingerprint density at radius 2 is 1.88 bits per heavy atom. The molecule has 1 aromatic rings. The highest BCUT2D eigenvalue weighted by Gasteiger charge is 2.06. The van der Waals surface area contributed by atoms with E-state index in [1.54, 1.807) is 19.1 Å². The summed E-state index contributed by atoms with van der Waals surface area (Å²) in [5.41, 5.74) is 0. The Morgan fingerprint density at radius 3 is 2.50 bits per heavy atom. The highest BCUT2D eigenvalue weighted by atomic mass is 32.2. The molecule has 1 rings (SSSR count). The maximum Gasteiger partial charge on any atom is 0.211 e. The predicted molar refractivity (Wildman–Crippen MR) is 103 cm³/mol. The fourth-order valence-corrected chi connectivity index (χ4v) is 2.63. The van der Waals surface area contributed by atoms with Gasteiger partial charge < -0.3 is 15.4 Å². The van der Waals surface area contributed by atoms with Crippen molar-refractivity contribution in [2.24, 2.45) is 4.99 Å². The highest BCUT2D eigenvalue weighted by Crippen LogP contribution is 2.12. The first-order chi connectivity index (χ1) is 12.4. The monoisotopic (exact) mass is 388 g/mol. The average molecular weight is 389 g/mol. The summed E-state index contributed by atoms with van der Waals surface area (Å²) in [4.78, 5) is 4.45. The van der Waals surface area contributed by atoms with Crippen molar-refractivity contribution >= 4 is 16.0 Å². The second kappa shape index (κ2) is 11.7. The molecule has 1 atom stereocenters. The molecule has 0 aromatic heterocycles. The van der Waals surface area contributed by atoms with Gasteiger partial charge in [-0.15, -0.1) is 0 Å². The summed E-state index contributed by atoms with van der Waals surface area (Å²) in [7, 11) is -3.15. The third kappa shape index (κ3) is 9.57. The van der Waals surface area contributed by atoms with E-state index in [4.69, 9.17) is 4.74 Å². The van der Waals surface area contributed by atoms with E-state index in [-0.39, 0.29) is 17.7 Å². The van der Waals surface area contributed by atoms with Crippen LogP contribution in [-0.4, -0.2) is 52.4 Å². The number of sulfonamides is 1.